The zero-order valence-electron chi connectivity index (χ0n) is 11.1. The second-order valence-corrected chi connectivity index (χ2v) is 4.72. The fourth-order valence-electron chi connectivity index (χ4n) is 2.27. The van der Waals surface area contributed by atoms with Gasteiger partial charge in [-0.15, -0.1) is 0 Å². The molecule has 4 nitrogen and oxygen atoms in total. The Morgan fingerprint density at radius 3 is 3.00 bits per heavy atom. The molecule has 2 N–H and O–H groups in total. The molecular weight excluding hydrogens is 247 g/mol. The van der Waals surface area contributed by atoms with Gasteiger partial charge in [0.1, 0.15) is 5.82 Å². The number of nitrogens with two attached hydrogens (primary N) is 1. The third kappa shape index (κ3) is 3.23. The van der Waals surface area contributed by atoms with Crippen molar-refractivity contribution in [3.05, 3.63) is 29.6 Å². The van der Waals surface area contributed by atoms with Crippen molar-refractivity contribution in [3.8, 4) is 0 Å². The number of rotatable bonds is 4. The van der Waals surface area contributed by atoms with Crippen LogP contribution in [0.3, 0.4) is 0 Å². The number of hydrogen-bond acceptors (Lipinski definition) is 3. The van der Waals surface area contributed by atoms with Crippen LogP contribution in [0.25, 0.3) is 0 Å². The van der Waals surface area contributed by atoms with Crippen molar-refractivity contribution in [1.29, 1.82) is 0 Å². The first-order valence-corrected chi connectivity index (χ1v) is 6.57. The molecule has 1 heterocycles. The minimum Gasteiger partial charge on any atom is -0.399 e. The van der Waals surface area contributed by atoms with E-state index in [9.17, 15) is 9.18 Å². The molecule has 2 rings (SSSR count). The predicted molar refractivity (Wildman–Crippen MR) is 71.4 cm³/mol. The molecule has 0 aliphatic carbocycles. The van der Waals surface area contributed by atoms with Crippen LogP contribution < -0.4 is 5.73 Å². The maximum atomic E-state index is 13.7. The lowest BCUT2D eigenvalue weighted by Crippen LogP contribution is -2.37. The summed E-state index contributed by atoms with van der Waals surface area (Å²) in [6.45, 7) is 3.64. The van der Waals surface area contributed by atoms with Gasteiger partial charge in [0, 0.05) is 25.4 Å². The van der Waals surface area contributed by atoms with Gasteiger partial charge in [-0.25, -0.2) is 4.39 Å². The number of hydrogen-bond donors (Lipinski definition) is 1. The molecule has 0 aromatic heterocycles. The van der Waals surface area contributed by atoms with Gasteiger partial charge >= 0.3 is 0 Å². The molecule has 1 unspecified atom stereocenters. The third-order valence-electron chi connectivity index (χ3n) is 3.34. The van der Waals surface area contributed by atoms with Crippen molar-refractivity contribution in [2.45, 2.75) is 25.9 Å². The van der Waals surface area contributed by atoms with E-state index in [0.717, 1.165) is 19.4 Å². The van der Waals surface area contributed by atoms with Crippen molar-refractivity contribution in [1.82, 2.24) is 4.90 Å². The van der Waals surface area contributed by atoms with Crippen molar-refractivity contribution in [2.75, 3.05) is 25.4 Å². The summed E-state index contributed by atoms with van der Waals surface area (Å²) in [7, 11) is 0. The van der Waals surface area contributed by atoms with Crippen LogP contribution in [-0.4, -0.2) is 36.6 Å². The first-order chi connectivity index (χ1) is 9.11. The van der Waals surface area contributed by atoms with Crippen LogP contribution >= 0.6 is 0 Å². The largest absolute Gasteiger partial charge is 0.399 e. The maximum absolute atomic E-state index is 13.7. The Balaban J connectivity index is 2.12. The number of benzene rings is 1. The monoisotopic (exact) mass is 266 g/mol. The van der Waals surface area contributed by atoms with Crippen LogP contribution in [0.15, 0.2) is 18.2 Å². The SMILES string of the molecule is CCN(CC1CCCO1)C(=O)c1cc(N)ccc1F. The lowest BCUT2D eigenvalue weighted by atomic mass is 10.1. The van der Waals surface area contributed by atoms with Crippen molar-refractivity contribution in [3.63, 3.8) is 0 Å². The number of nitrogens with zero attached hydrogens (tertiary/aromatic N) is 1. The summed E-state index contributed by atoms with van der Waals surface area (Å²) in [4.78, 5) is 13.9. The van der Waals surface area contributed by atoms with Crippen LogP contribution in [0.4, 0.5) is 10.1 Å². The highest BCUT2D eigenvalue weighted by atomic mass is 19.1. The van der Waals surface area contributed by atoms with Gasteiger partial charge in [-0.1, -0.05) is 0 Å². The Labute approximate surface area is 112 Å². The zero-order chi connectivity index (χ0) is 13.8. The van der Waals surface area contributed by atoms with Crippen molar-refractivity contribution >= 4 is 11.6 Å². The number of ether oxygens (including phenoxy) is 1. The maximum Gasteiger partial charge on any atom is 0.256 e. The molecule has 19 heavy (non-hydrogen) atoms. The van der Waals surface area contributed by atoms with E-state index in [0.29, 0.717) is 18.8 Å². The number of likely N-dealkylation sites (N-methyl/N-ethyl adjacent to an activating group) is 1. The number of anilines is 1. The Kier molecular flexibility index (Phi) is 4.37. The quantitative estimate of drug-likeness (QED) is 0.849. The highest BCUT2D eigenvalue weighted by molar-refractivity contribution is 5.95. The highest BCUT2D eigenvalue weighted by Crippen LogP contribution is 2.17. The number of halogens is 1. The molecule has 1 atom stereocenters. The van der Waals surface area contributed by atoms with Gasteiger partial charge in [0.05, 0.1) is 11.7 Å². The van der Waals surface area contributed by atoms with Crippen LogP contribution in [-0.2, 0) is 4.74 Å². The molecule has 1 saturated heterocycles. The molecule has 1 aromatic carbocycles. The second-order valence-electron chi connectivity index (χ2n) is 4.72. The number of nitrogen functional groups attached to an aromatic ring is 1. The molecule has 1 fully saturated rings. The first-order valence-electron chi connectivity index (χ1n) is 6.57. The smallest absolute Gasteiger partial charge is 0.256 e. The summed E-state index contributed by atoms with van der Waals surface area (Å²) in [5, 5.41) is 0. The number of amides is 1. The van der Waals surface area contributed by atoms with Gasteiger partial charge in [-0.2, -0.15) is 0 Å². The van der Waals surface area contributed by atoms with E-state index in [-0.39, 0.29) is 17.6 Å². The molecular formula is C14H19FN2O2. The van der Waals surface area contributed by atoms with Gasteiger partial charge in [0.15, 0.2) is 0 Å². The lowest BCUT2D eigenvalue weighted by Gasteiger charge is -2.24. The summed E-state index contributed by atoms with van der Waals surface area (Å²) >= 11 is 0. The van der Waals surface area contributed by atoms with E-state index >= 15 is 0 Å². The number of carbonyl (C=O) groups excluding carboxylic acids is 1. The Hall–Kier alpha value is -1.62. The average Bonchev–Trinajstić information content (AvgIpc) is 2.91. The topological polar surface area (TPSA) is 55.6 Å². The second kappa shape index (κ2) is 6.02. The summed E-state index contributed by atoms with van der Waals surface area (Å²) < 4.78 is 19.2. The lowest BCUT2D eigenvalue weighted by molar-refractivity contribution is 0.0535. The minimum absolute atomic E-state index is 0.0276. The highest BCUT2D eigenvalue weighted by Gasteiger charge is 2.24. The van der Waals surface area contributed by atoms with Crippen LogP contribution in [0.5, 0.6) is 0 Å². The molecule has 0 spiro atoms. The van der Waals surface area contributed by atoms with Crippen molar-refractivity contribution in [2.24, 2.45) is 0 Å². The van der Waals surface area contributed by atoms with Gasteiger partial charge in [-0.05, 0) is 38.0 Å². The summed E-state index contributed by atoms with van der Waals surface area (Å²) in [6.07, 6.45) is 2.03. The average molecular weight is 266 g/mol. The van der Waals surface area contributed by atoms with Gasteiger partial charge in [0.2, 0.25) is 0 Å². The van der Waals surface area contributed by atoms with E-state index in [2.05, 4.69) is 0 Å². The van der Waals surface area contributed by atoms with E-state index < -0.39 is 5.82 Å². The number of carbonyl (C=O) groups is 1. The molecule has 1 aliphatic heterocycles. The van der Waals surface area contributed by atoms with Crippen LogP contribution in [0.2, 0.25) is 0 Å². The molecule has 1 aliphatic rings. The van der Waals surface area contributed by atoms with Crippen molar-refractivity contribution < 1.29 is 13.9 Å². The fraction of sp³-hybridized carbons (Fsp3) is 0.500. The standard InChI is InChI=1S/C14H19FN2O2/c1-2-17(9-11-4-3-7-19-11)14(18)12-8-10(16)5-6-13(12)15/h5-6,8,11H,2-4,7,9,16H2,1H3. The summed E-state index contributed by atoms with van der Waals surface area (Å²) in [5.41, 5.74) is 6.02. The Bertz CT molecular complexity index is 459. The van der Waals surface area contributed by atoms with E-state index in [1.165, 1.54) is 18.2 Å². The molecule has 0 radical (unpaired) electrons. The van der Waals surface area contributed by atoms with Gasteiger partial charge < -0.3 is 15.4 Å². The molecule has 1 aromatic rings. The van der Waals surface area contributed by atoms with Gasteiger partial charge in [-0.3, -0.25) is 4.79 Å². The molecule has 0 saturated carbocycles. The molecule has 1 amide bonds. The van der Waals surface area contributed by atoms with E-state index in [4.69, 9.17) is 10.5 Å². The summed E-state index contributed by atoms with van der Waals surface area (Å²) in [5.74, 6) is -0.868. The molecule has 104 valence electrons. The normalized spacial score (nSPS) is 18.5. The predicted octanol–water partition coefficient (Wildman–Crippen LogP) is 2.05. The first kappa shape index (κ1) is 13.8. The van der Waals surface area contributed by atoms with E-state index in [1.807, 2.05) is 6.92 Å². The minimum atomic E-state index is -0.537. The summed E-state index contributed by atoms with van der Waals surface area (Å²) in [6, 6.07) is 4.06. The Morgan fingerprint density at radius 1 is 1.58 bits per heavy atom. The molecule has 0 bridgehead atoms. The third-order valence-corrected chi connectivity index (χ3v) is 3.34. The van der Waals surface area contributed by atoms with Crippen LogP contribution in [0, 0.1) is 5.82 Å². The van der Waals surface area contributed by atoms with Crippen LogP contribution in [0.1, 0.15) is 30.1 Å². The zero-order valence-corrected chi connectivity index (χ0v) is 11.1. The van der Waals surface area contributed by atoms with Gasteiger partial charge in [0.25, 0.3) is 5.91 Å². The fourth-order valence-corrected chi connectivity index (χ4v) is 2.27. The van der Waals surface area contributed by atoms with E-state index in [1.54, 1.807) is 4.90 Å². The molecule has 5 heteroatoms. The Morgan fingerprint density at radius 2 is 2.37 bits per heavy atom.